The molecule has 0 atom stereocenters. The number of nitrogens with one attached hydrogen (secondary N) is 3. The van der Waals surface area contributed by atoms with Crippen molar-refractivity contribution >= 4 is 35.2 Å². The number of carboxylic acids is 1. The van der Waals surface area contributed by atoms with Crippen LogP contribution in [0, 0.1) is 6.92 Å². The van der Waals surface area contributed by atoms with Crippen molar-refractivity contribution in [2.75, 3.05) is 25.0 Å². The van der Waals surface area contributed by atoms with Crippen molar-refractivity contribution in [3.05, 3.63) is 51.8 Å². The number of rotatable bonds is 7. The topological polar surface area (TPSA) is 121 Å². The van der Waals surface area contributed by atoms with Gasteiger partial charge in [-0.2, -0.15) is 0 Å². The molecule has 174 valence electrons. The van der Waals surface area contributed by atoms with Gasteiger partial charge in [-0.25, -0.2) is 4.79 Å². The number of fused-ring (bicyclic) bond motifs is 1. The number of carbonyl (C=O) groups excluding carboxylic acids is 2. The van der Waals surface area contributed by atoms with E-state index in [2.05, 4.69) is 21.7 Å². The van der Waals surface area contributed by atoms with Gasteiger partial charge in [0, 0.05) is 29.1 Å². The van der Waals surface area contributed by atoms with Crippen LogP contribution in [-0.4, -0.2) is 47.6 Å². The van der Waals surface area contributed by atoms with Crippen molar-refractivity contribution in [1.82, 2.24) is 10.3 Å². The molecule has 8 heteroatoms. The van der Waals surface area contributed by atoms with Gasteiger partial charge in [0.25, 0.3) is 5.91 Å². The lowest BCUT2D eigenvalue weighted by atomic mass is 9.85. The molecule has 0 bridgehead atoms. The molecule has 4 N–H and O–H groups in total. The molecule has 2 aromatic rings. The zero-order valence-corrected chi connectivity index (χ0v) is 18.9. The third-order valence-corrected chi connectivity index (χ3v) is 6.32. The third-order valence-electron chi connectivity index (χ3n) is 6.32. The highest BCUT2D eigenvalue weighted by Crippen LogP contribution is 2.41. The number of aromatic amines is 1. The maximum Gasteiger partial charge on any atom is 0.340 e. The van der Waals surface area contributed by atoms with E-state index in [1.54, 1.807) is 19.9 Å². The predicted molar refractivity (Wildman–Crippen MR) is 125 cm³/mol. The Labute approximate surface area is 192 Å². The highest BCUT2D eigenvalue weighted by Gasteiger charge is 2.31. The van der Waals surface area contributed by atoms with Gasteiger partial charge < -0.3 is 25.5 Å². The molecule has 0 radical (unpaired) electrons. The molecule has 0 aliphatic carbocycles. The number of aryl methyl sites for hydroxylation is 1. The van der Waals surface area contributed by atoms with Crippen LogP contribution in [0.15, 0.2) is 18.2 Å². The fraction of sp³-hybridized carbons (Fsp3) is 0.400. The number of H-pyrrole nitrogens is 1. The van der Waals surface area contributed by atoms with Gasteiger partial charge >= 0.3 is 11.9 Å². The molecule has 0 unspecified atom stereocenters. The van der Waals surface area contributed by atoms with Crippen LogP contribution in [-0.2, 0) is 20.7 Å². The summed E-state index contributed by atoms with van der Waals surface area (Å²) in [5.41, 5.74) is 5.39. The fourth-order valence-electron chi connectivity index (χ4n) is 4.83. The van der Waals surface area contributed by atoms with Crippen LogP contribution >= 0.6 is 0 Å². The number of hydrogen-bond donors (Lipinski definition) is 4. The van der Waals surface area contributed by atoms with Crippen molar-refractivity contribution in [2.24, 2.45) is 0 Å². The predicted octanol–water partition coefficient (Wildman–Crippen LogP) is 3.48. The molecule has 33 heavy (non-hydrogen) atoms. The number of amides is 1. The Bertz CT molecular complexity index is 1130. The first kappa shape index (κ1) is 22.8. The molecule has 1 aromatic carbocycles. The molecular formula is C25H29N3O5. The number of aliphatic carboxylic acids is 1. The smallest absolute Gasteiger partial charge is 0.340 e. The lowest BCUT2D eigenvalue weighted by Gasteiger charge is -2.25. The van der Waals surface area contributed by atoms with Gasteiger partial charge in [-0.3, -0.25) is 9.59 Å². The number of esters is 1. The van der Waals surface area contributed by atoms with E-state index in [1.165, 1.54) is 0 Å². The number of benzene rings is 1. The van der Waals surface area contributed by atoms with Crippen molar-refractivity contribution in [3.63, 3.8) is 0 Å². The van der Waals surface area contributed by atoms with Crippen LogP contribution in [0.5, 0.6) is 0 Å². The van der Waals surface area contributed by atoms with Gasteiger partial charge in [0.2, 0.25) is 0 Å². The molecule has 1 amide bonds. The largest absolute Gasteiger partial charge is 0.481 e. The van der Waals surface area contributed by atoms with Crippen molar-refractivity contribution in [2.45, 2.75) is 45.4 Å². The number of aromatic nitrogens is 1. The zero-order valence-electron chi connectivity index (χ0n) is 18.9. The summed E-state index contributed by atoms with van der Waals surface area (Å²) in [6, 6.07) is 5.95. The van der Waals surface area contributed by atoms with Gasteiger partial charge in [-0.15, -0.1) is 0 Å². The minimum atomic E-state index is -0.959. The highest BCUT2D eigenvalue weighted by atomic mass is 16.5. The molecule has 2 aliphatic rings. The van der Waals surface area contributed by atoms with E-state index >= 15 is 0 Å². The summed E-state index contributed by atoms with van der Waals surface area (Å²) in [6.07, 6.45) is 3.76. The van der Waals surface area contributed by atoms with Crippen LogP contribution in [0.2, 0.25) is 0 Å². The van der Waals surface area contributed by atoms with E-state index in [0.717, 1.165) is 42.7 Å². The molecule has 1 fully saturated rings. The maximum absolute atomic E-state index is 13.0. The first-order valence-corrected chi connectivity index (χ1v) is 11.4. The molecule has 8 nitrogen and oxygen atoms in total. The van der Waals surface area contributed by atoms with Crippen LogP contribution in [0.25, 0.3) is 11.6 Å². The SMILES string of the molecule is CCOC(=O)c1c(C)[nH]c(/C=C2\C(=O)Nc3cccc(C4CCNCC4)c32)c1CCC(=O)O. The summed E-state index contributed by atoms with van der Waals surface area (Å²) in [6.45, 7) is 5.57. The summed E-state index contributed by atoms with van der Waals surface area (Å²) in [5, 5.41) is 15.6. The molecule has 3 heterocycles. The minimum absolute atomic E-state index is 0.136. The van der Waals surface area contributed by atoms with Gasteiger partial charge in [0.05, 0.1) is 17.7 Å². The third kappa shape index (κ3) is 4.57. The van der Waals surface area contributed by atoms with Gasteiger partial charge in [0.15, 0.2) is 0 Å². The number of anilines is 1. The molecule has 4 rings (SSSR count). The Morgan fingerprint density at radius 2 is 2.00 bits per heavy atom. The Hall–Kier alpha value is -3.39. The quantitative estimate of drug-likeness (QED) is 0.378. The maximum atomic E-state index is 13.0. The van der Waals surface area contributed by atoms with E-state index in [-0.39, 0.29) is 25.4 Å². The van der Waals surface area contributed by atoms with E-state index in [9.17, 15) is 19.5 Å². The molecular weight excluding hydrogens is 422 g/mol. The Balaban J connectivity index is 1.82. The van der Waals surface area contributed by atoms with E-state index in [4.69, 9.17) is 4.74 Å². The van der Waals surface area contributed by atoms with Gasteiger partial charge in [0.1, 0.15) is 0 Å². The Morgan fingerprint density at radius 1 is 1.24 bits per heavy atom. The standard InChI is InChI=1S/C25H29N3O5/c1-3-33-25(32)22-14(2)27-20(17(22)7-8-21(29)30)13-18-23-16(15-9-11-26-12-10-15)5-4-6-19(23)28-24(18)31/h4-6,13,15,26-27H,3,7-12H2,1-2H3,(H,28,31)(H,29,30)/b18-13-. The normalized spacial score (nSPS) is 17.2. The van der Waals surface area contributed by atoms with Gasteiger partial charge in [-0.1, -0.05) is 12.1 Å². The van der Waals surface area contributed by atoms with Crippen molar-refractivity contribution < 1.29 is 24.2 Å². The summed E-state index contributed by atoms with van der Waals surface area (Å²) < 4.78 is 5.20. The Kier molecular flexibility index (Phi) is 6.65. The lowest BCUT2D eigenvalue weighted by molar-refractivity contribution is -0.137. The summed E-state index contributed by atoms with van der Waals surface area (Å²) >= 11 is 0. The average molecular weight is 452 g/mol. The summed E-state index contributed by atoms with van der Waals surface area (Å²) in [4.78, 5) is 40.1. The zero-order chi connectivity index (χ0) is 23.5. The monoisotopic (exact) mass is 451 g/mol. The molecule has 0 spiro atoms. The Morgan fingerprint density at radius 3 is 2.70 bits per heavy atom. The molecule has 1 aromatic heterocycles. The molecule has 1 saturated heterocycles. The molecule has 2 aliphatic heterocycles. The van der Waals surface area contributed by atoms with Crippen LogP contribution in [0.1, 0.15) is 70.5 Å². The van der Waals surface area contributed by atoms with Crippen molar-refractivity contribution in [3.8, 4) is 0 Å². The second-order valence-electron chi connectivity index (χ2n) is 8.44. The first-order chi connectivity index (χ1) is 15.9. The van der Waals surface area contributed by atoms with Crippen LogP contribution in [0.4, 0.5) is 5.69 Å². The number of piperidine rings is 1. The van der Waals surface area contributed by atoms with E-state index < -0.39 is 11.9 Å². The lowest BCUT2D eigenvalue weighted by Crippen LogP contribution is -2.27. The number of ether oxygens (including phenoxy) is 1. The van der Waals surface area contributed by atoms with Crippen molar-refractivity contribution in [1.29, 1.82) is 0 Å². The van der Waals surface area contributed by atoms with Crippen LogP contribution in [0.3, 0.4) is 0 Å². The van der Waals surface area contributed by atoms with Crippen LogP contribution < -0.4 is 10.6 Å². The van der Waals surface area contributed by atoms with Gasteiger partial charge in [-0.05, 0) is 75.4 Å². The second-order valence-corrected chi connectivity index (χ2v) is 8.44. The summed E-state index contributed by atoms with van der Waals surface area (Å²) in [5.74, 6) is -1.31. The average Bonchev–Trinajstić information content (AvgIpc) is 3.28. The summed E-state index contributed by atoms with van der Waals surface area (Å²) in [7, 11) is 0. The number of carboxylic acid groups (broad SMARTS) is 1. The highest BCUT2D eigenvalue weighted by molar-refractivity contribution is 6.35. The first-order valence-electron chi connectivity index (χ1n) is 11.4. The fourth-order valence-corrected chi connectivity index (χ4v) is 4.83. The molecule has 0 saturated carbocycles. The second kappa shape index (κ2) is 9.62. The van der Waals surface area contributed by atoms with E-state index in [1.807, 2.05) is 12.1 Å². The number of hydrogen-bond acceptors (Lipinski definition) is 5. The number of carbonyl (C=O) groups is 3. The minimum Gasteiger partial charge on any atom is -0.481 e. The van der Waals surface area contributed by atoms with E-state index in [0.29, 0.717) is 34.0 Å².